The van der Waals surface area contributed by atoms with Gasteiger partial charge in [-0.05, 0) is 36.8 Å². The summed E-state index contributed by atoms with van der Waals surface area (Å²) in [5.74, 6) is -0.116. The molecule has 1 amide bonds. The van der Waals surface area contributed by atoms with Gasteiger partial charge < -0.3 is 19.2 Å². The highest BCUT2D eigenvalue weighted by atomic mass is 16.5. The molecule has 0 aliphatic rings. The third kappa shape index (κ3) is 6.05. The van der Waals surface area contributed by atoms with E-state index in [1.54, 1.807) is 19.1 Å². The summed E-state index contributed by atoms with van der Waals surface area (Å²) in [5, 5.41) is 2.64. The molecule has 7 heteroatoms. The second-order valence-corrected chi connectivity index (χ2v) is 6.86. The molecule has 0 unspecified atom stereocenters. The first-order valence-electron chi connectivity index (χ1n) is 9.75. The number of furan rings is 1. The molecule has 0 fully saturated rings. The number of anilines is 1. The molecule has 1 N–H and O–H groups in total. The fourth-order valence-electron chi connectivity index (χ4n) is 2.90. The van der Waals surface area contributed by atoms with Gasteiger partial charge in [0.1, 0.15) is 11.5 Å². The summed E-state index contributed by atoms with van der Waals surface area (Å²) in [6.07, 6.45) is 0.458. The summed E-state index contributed by atoms with van der Waals surface area (Å²) in [6, 6.07) is 18.2. The molecule has 0 bridgehead atoms. The van der Waals surface area contributed by atoms with Crippen molar-refractivity contribution in [1.82, 2.24) is 0 Å². The average molecular weight is 421 g/mol. The van der Waals surface area contributed by atoms with E-state index >= 15 is 0 Å². The minimum Gasteiger partial charge on any atom is -0.465 e. The van der Waals surface area contributed by atoms with Crippen LogP contribution in [-0.4, -0.2) is 31.6 Å². The van der Waals surface area contributed by atoms with Crippen LogP contribution in [0.25, 0.3) is 11.3 Å². The van der Waals surface area contributed by atoms with Crippen molar-refractivity contribution in [2.75, 3.05) is 19.0 Å². The fraction of sp³-hybridized carbons (Fsp3) is 0.208. The number of aryl methyl sites for hydroxylation is 2. The molecular weight excluding hydrogens is 398 g/mol. The van der Waals surface area contributed by atoms with Crippen molar-refractivity contribution in [3.05, 3.63) is 77.6 Å². The zero-order chi connectivity index (χ0) is 22.2. The largest absolute Gasteiger partial charge is 0.465 e. The van der Waals surface area contributed by atoms with Crippen molar-refractivity contribution in [2.24, 2.45) is 0 Å². The van der Waals surface area contributed by atoms with Crippen LogP contribution in [0.3, 0.4) is 0 Å². The van der Waals surface area contributed by atoms with Crippen LogP contribution < -0.4 is 5.32 Å². The van der Waals surface area contributed by atoms with E-state index in [-0.39, 0.29) is 6.42 Å². The Morgan fingerprint density at radius 1 is 1.00 bits per heavy atom. The number of rotatable bonds is 8. The number of hydrogen-bond donors (Lipinski definition) is 1. The number of carbonyl (C=O) groups excluding carboxylic acids is 3. The van der Waals surface area contributed by atoms with Gasteiger partial charge in [0.15, 0.2) is 6.61 Å². The van der Waals surface area contributed by atoms with Crippen molar-refractivity contribution in [2.45, 2.75) is 19.8 Å². The lowest BCUT2D eigenvalue weighted by molar-refractivity contribution is -0.147. The van der Waals surface area contributed by atoms with Crippen LogP contribution in [0.4, 0.5) is 5.69 Å². The number of esters is 2. The first-order valence-corrected chi connectivity index (χ1v) is 9.75. The number of methoxy groups -OCH3 is 1. The van der Waals surface area contributed by atoms with Crippen LogP contribution in [0.15, 0.2) is 65.1 Å². The van der Waals surface area contributed by atoms with Crippen molar-refractivity contribution in [1.29, 1.82) is 0 Å². The smallest absolute Gasteiger partial charge is 0.337 e. The molecular formula is C24H23NO6. The molecule has 2 aromatic carbocycles. The maximum Gasteiger partial charge on any atom is 0.337 e. The van der Waals surface area contributed by atoms with E-state index in [0.29, 0.717) is 23.4 Å². The van der Waals surface area contributed by atoms with Crippen molar-refractivity contribution >= 4 is 23.5 Å². The van der Waals surface area contributed by atoms with Gasteiger partial charge in [0.25, 0.3) is 5.91 Å². The number of benzene rings is 2. The number of ether oxygens (including phenoxy) is 2. The standard InChI is InChI=1S/C24H23NO6/c1-16-8-9-18(24(28)29-2)14-20(16)25-22(26)15-30-23(27)13-11-19-10-12-21(31-19)17-6-4-3-5-7-17/h3-10,12,14H,11,13,15H2,1-2H3,(H,25,26). The molecule has 0 saturated heterocycles. The highest BCUT2D eigenvalue weighted by Gasteiger charge is 2.13. The minimum absolute atomic E-state index is 0.0892. The molecule has 0 aliphatic heterocycles. The lowest BCUT2D eigenvalue weighted by Crippen LogP contribution is -2.21. The summed E-state index contributed by atoms with van der Waals surface area (Å²) >= 11 is 0. The lowest BCUT2D eigenvalue weighted by atomic mass is 10.1. The molecule has 0 saturated carbocycles. The molecule has 31 heavy (non-hydrogen) atoms. The van der Waals surface area contributed by atoms with Gasteiger partial charge in [-0.25, -0.2) is 4.79 Å². The van der Waals surface area contributed by atoms with E-state index in [9.17, 15) is 14.4 Å². The molecule has 1 aromatic heterocycles. The van der Waals surface area contributed by atoms with E-state index < -0.39 is 24.5 Å². The molecule has 1 heterocycles. The van der Waals surface area contributed by atoms with E-state index in [2.05, 4.69) is 10.1 Å². The zero-order valence-corrected chi connectivity index (χ0v) is 17.3. The molecule has 0 atom stereocenters. The minimum atomic E-state index is -0.507. The van der Waals surface area contributed by atoms with Gasteiger partial charge in [0.2, 0.25) is 0 Å². The Morgan fingerprint density at radius 3 is 2.52 bits per heavy atom. The monoisotopic (exact) mass is 421 g/mol. The SMILES string of the molecule is COC(=O)c1ccc(C)c(NC(=O)COC(=O)CCc2ccc(-c3ccccc3)o2)c1. The van der Waals surface area contributed by atoms with Crippen LogP contribution in [0.2, 0.25) is 0 Å². The van der Waals surface area contributed by atoms with Crippen LogP contribution in [0.1, 0.15) is 28.1 Å². The Bertz CT molecular complexity index is 1070. The van der Waals surface area contributed by atoms with Crippen LogP contribution in [0, 0.1) is 6.92 Å². The topological polar surface area (TPSA) is 94.8 Å². The Balaban J connectivity index is 1.46. The maximum atomic E-state index is 12.1. The zero-order valence-electron chi connectivity index (χ0n) is 17.3. The second kappa shape index (κ2) is 10.2. The summed E-state index contributed by atoms with van der Waals surface area (Å²) in [4.78, 5) is 35.8. The Labute approximate surface area is 180 Å². The quantitative estimate of drug-likeness (QED) is 0.549. The van der Waals surface area contributed by atoms with Gasteiger partial charge in [-0.2, -0.15) is 0 Å². The second-order valence-electron chi connectivity index (χ2n) is 6.86. The predicted molar refractivity (Wildman–Crippen MR) is 115 cm³/mol. The Hall–Kier alpha value is -3.87. The van der Waals surface area contributed by atoms with E-state index in [1.165, 1.54) is 13.2 Å². The van der Waals surface area contributed by atoms with Crippen molar-refractivity contribution in [3.8, 4) is 11.3 Å². The van der Waals surface area contributed by atoms with Crippen LogP contribution in [0.5, 0.6) is 0 Å². The van der Waals surface area contributed by atoms with Crippen molar-refractivity contribution in [3.63, 3.8) is 0 Å². The molecule has 7 nitrogen and oxygen atoms in total. The van der Waals surface area contributed by atoms with Crippen molar-refractivity contribution < 1.29 is 28.3 Å². The number of amides is 1. The number of nitrogens with one attached hydrogen (secondary N) is 1. The van der Waals surface area contributed by atoms with Gasteiger partial charge in [-0.15, -0.1) is 0 Å². The first-order chi connectivity index (χ1) is 15.0. The van der Waals surface area contributed by atoms with Gasteiger partial charge >= 0.3 is 11.9 Å². The van der Waals surface area contributed by atoms with E-state index in [4.69, 9.17) is 9.15 Å². The van der Waals surface area contributed by atoms with E-state index in [0.717, 1.165) is 16.9 Å². The number of carbonyl (C=O) groups is 3. The van der Waals surface area contributed by atoms with E-state index in [1.807, 2.05) is 42.5 Å². The van der Waals surface area contributed by atoms with Crippen LogP contribution >= 0.6 is 0 Å². The molecule has 0 radical (unpaired) electrons. The molecule has 3 aromatic rings. The molecule has 3 rings (SSSR count). The normalized spacial score (nSPS) is 10.4. The molecule has 0 spiro atoms. The molecule has 160 valence electrons. The highest BCUT2D eigenvalue weighted by molar-refractivity contribution is 5.96. The first kappa shape index (κ1) is 21.8. The third-order valence-corrected chi connectivity index (χ3v) is 4.59. The number of hydrogen-bond acceptors (Lipinski definition) is 6. The van der Waals surface area contributed by atoms with Gasteiger partial charge in [0.05, 0.1) is 19.1 Å². The Kier molecular flexibility index (Phi) is 7.22. The average Bonchev–Trinajstić information content (AvgIpc) is 3.27. The Morgan fingerprint density at radius 2 is 1.77 bits per heavy atom. The lowest BCUT2D eigenvalue weighted by Gasteiger charge is -2.10. The molecule has 0 aliphatic carbocycles. The van der Waals surface area contributed by atoms with Crippen LogP contribution in [-0.2, 0) is 25.5 Å². The van der Waals surface area contributed by atoms with Gasteiger partial charge in [0, 0.05) is 17.7 Å². The summed E-state index contributed by atoms with van der Waals surface area (Å²) < 4.78 is 15.5. The third-order valence-electron chi connectivity index (χ3n) is 4.59. The van der Waals surface area contributed by atoms with Gasteiger partial charge in [-0.1, -0.05) is 36.4 Å². The maximum absolute atomic E-state index is 12.1. The fourth-order valence-corrected chi connectivity index (χ4v) is 2.90. The summed E-state index contributed by atoms with van der Waals surface area (Å²) in [5.41, 5.74) is 2.49. The van der Waals surface area contributed by atoms with Gasteiger partial charge in [-0.3, -0.25) is 9.59 Å². The summed E-state index contributed by atoms with van der Waals surface area (Å²) in [6.45, 7) is 1.36. The highest BCUT2D eigenvalue weighted by Crippen LogP contribution is 2.22. The predicted octanol–water partition coefficient (Wildman–Crippen LogP) is 4.16. The summed E-state index contributed by atoms with van der Waals surface area (Å²) in [7, 11) is 1.28.